The van der Waals surface area contributed by atoms with Gasteiger partial charge in [0.1, 0.15) is 22.3 Å². The number of hydrogen-bond donors (Lipinski definition) is 2. The highest BCUT2D eigenvalue weighted by Crippen LogP contribution is 2.36. The normalized spacial score (nSPS) is 15.6. The molecule has 0 unspecified atom stereocenters. The Labute approximate surface area is 215 Å². The van der Waals surface area contributed by atoms with Crippen LogP contribution in [0.1, 0.15) is 41.7 Å². The Morgan fingerprint density at radius 1 is 1.32 bits per heavy atom. The van der Waals surface area contributed by atoms with Crippen molar-refractivity contribution in [2.75, 3.05) is 25.2 Å². The molecular formula is C24H22F2N6O4S. The molecule has 2 aliphatic rings. The Balaban J connectivity index is 1.74. The molecule has 10 nitrogen and oxygen atoms in total. The van der Waals surface area contributed by atoms with Gasteiger partial charge in [-0.3, -0.25) is 20.1 Å². The number of thioether (sulfide) groups is 1. The maximum Gasteiger partial charge on any atom is 0.415 e. The average Bonchev–Trinajstić information content (AvgIpc) is 3.71. The number of cyclic esters (lactones) is 1. The zero-order chi connectivity index (χ0) is 26.5. The van der Waals surface area contributed by atoms with E-state index in [1.54, 1.807) is 0 Å². The van der Waals surface area contributed by atoms with Crippen molar-refractivity contribution in [3.63, 3.8) is 0 Å². The zero-order valence-electron chi connectivity index (χ0n) is 19.7. The maximum atomic E-state index is 13.5. The van der Waals surface area contributed by atoms with E-state index in [9.17, 15) is 18.4 Å². The number of aromatic nitrogens is 2. The van der Waals surface area contributed by atoms with E-state index < -0.39 is 24.1 Å². The summed E-state index contributed by atoms with van der Waals surface area (Å²) in [5, 5.41) is 7.63. The summed E-state index contributed by atoms with van der Waals surface area (Å²) in [7, 11) is 1.33. The molecule has 1 aliphatic carbocycles. The van der Waals surface area contributed by atoms with Gasteiger partial charge in [0.2, 0.25) is 0 Å². The third-order valence-electron chi connectivity index (χ3n) is 5.38. The van der Waals surface area contributed by atoms with E-state index >= 15 is 0 Å². The number of hydrogen-bond acceptors (Lipinski definition) is 8. The Hall–Kier alpha value is -4.05. The minimum atomic E-state index is -2.88. The molecule has 2 aromatic rings. The van der Waals surface area contributed by atoms with Gasteiger partial charge in [0.25, 0.3) is 12.3 Å². The topological polar surface area (TPSA) is 144 Å². The molecule has 2 fully saturated rings. The van der Waals surface area contributed by atoms with Crippen molar-refractivity contribution in [1.82, 2.24) is 9.97 Å². The van der Waals surface area contributed by atoms with Crippen LogP contribution in [0.5, 0.6) is 5.75 Å². The van der Waals surface area contributed by atoms with Crippen LogP contribution < -0.4 is 15.4 Å². The molecule has 2 amide bonds. The van der Waals surface area contributed by atoms with Gasteiger partial charge in [-0.2, -0.15) is 4.99 Å². The van der Waals surface area contributed by atoms with Crippen LogP contribution >= 0.6 is 11.8 Å². The Kier molecular flexibility index (Phi) is 7.98. The summed E-state index contributed by atoms with van der Waals surface area (Å²) < 4.78 is 37.3. The lowest BCUT2D eigenvalue weighted by Crippen LogP contribution is -2.38. The number of rotatable bonds is 5. The molecule has 2 aromatic heterocycles. The van der Waals surface area contributed by atoms with Crippen molar-refractivity contribution >= 4 is 39.8 Å². The van der Waals surface area contributed by atoms with Crippen molar-refractivity contribution in [3.05, 3.63) is 35.8 Å². The van der Waals surface area contributed by atoms with Crippen LogP contribution in [-0.2, 0) is 4.74 Å². The summed E-state index contributed by atoms with van der Waals surface area (Å²) >= 11 is 0.727. The Morgan fingerprint density at radius 2 is 2.11 bits per heavy atom. The van der Waals surface area contributed by atoms with E-state index in [0.29, 0.717) is 18.9 Å². The van der Waals surface area contributed by atoms with E-state index in [4.69, 9.17) is 20.6 Å². The van der Waals surface area contributed by atoms with Gasteiger partial charge in [0.05, 0.1) is 25.5 Å². The van der Waals surface area contributed by atoms with Crippen LogP contribution in [0.2, 0.25) is 0 Å². The predicted octanol–water partition coefficient (Wildman–Crippen LogP) is 4.02. The van der Waals surface area contributed by atoms with Crippen LogP contribution in [-0.4, -0.2) is 52.4 Å². The molecule has 37 heavy (non-hydrogen) atoms. The van der Waals surface area contributed by atoms with Crippen LogP contribution in [0.4, 0.5) is 19.4 Å². The number of nitrogens with one attached hydrogen (secondary N) is 1. The number of amidine groups is 1. The van der Waals surface area contributed by atoms with Gasteiger partial charge in [0, 0.05) is 29.8 Å². The summed E-state index contributed by atoms with van der Waals surface area (Å²) in [6, 6.07) is 2.49. The number of carbonyl (C=O) groups is 2. The minimum Gasteiger partial charge on any atom is -0.494 e. The number of ether oxygens (including phenoxy) is 2. The van der Waals surface area contributed by atoms with Gasteiger partial charge in [0.15, 0.2) is 5.17 Å². The molecule has 0 atom stereocenters. The van der Waals surface area contributed by atoms with Gasteiger partial charge in [-0.05, 0) is 49.1 Å². The fourth-order valence-electron chi connectivity index (χ4n) is 3.40. The lowest BCUT2D eigenvalue weighted by Gasteiger charge is -2.26. The number of nitrogens with two attached hydrogens (primary N) is 1. The Morgan fingerprint density at radius 3 is 2.78 bits per heavy atom. The highest BCUT2D eigenvalue weighted by molar-refractivity contribution is 8.26. The number of alkyl halides is 2. The molecule has 3 N–H and O–H groups in total. The summed E-state index contributed by atoms with van der Waals surface area (Å²) in [6.07, 6.45) is 1.35. The first-order chi connectivity index (χ1) is 17.8. The first kappa shape index (κ1) is 26.0. The van der Waals surface area contributed by atoms with Gasteiger partial charge in [-0.25, -0.2) is 18.6 Å². The molecule has 1 aliphatic heterocycles. The average molecular weight is 529 g/mol. The fourth-order valence-corrected chi connectivity index (χ4v) is 3.85. The lowest BCUT2D eigenvalue weighted by molar-refractivity contribution is 0.100. The summed E-state index contributed by atoms with van der Waals surface area (Å²) in [4.78, 5) is 38.4. The third-order valence-corrected chi connectivity index (χ3v) is 5.98. The number of nitrogens with zero attached hydrogens (tertiary/aromatic N) is 4. The largest absolute Gasteiger partial charge is 0.494 e. The molecule has 0 radical (unpaired) electrons. The number of anilines is 1. The summed E-state index contributed by atoms with van der Waals surface area (Å²) in [5.41, 5.74) is 5.49. The van der Waals surface area contributed by atoms with Crippen molar-refractivity contribution in [3.8, 4) is 28.7 Å². The van der Waals surface area contributed by atoms with E-state index in [1.807, 2.05) is 0 Å². The van der Waals surface area contributed by atoms with Crippen LogP contribution in [0, 0.1) is 23.2 Å². The van der Waals surface area contributed by atoms with Gasteiger partial charge in [-0.15, -0.1) is 0 Å². The highest BCUT2D eigenvalue weighted by Gasteiger charge is 2.26. The smallest absolute Gasteiger partial charge is 0.415 e. The number of carbonyl (C=O) groups excluding carboxylic acids is 2. The van der Waals surface area contributed by atoms with E-state index in [0.717, 1.165) is 36.9 Å². The zero-order valence-corrected chi connectivity index (χ0v) is 20.5. The van der Waals surface area contributed by atoms with E-state index in [2.05, 4.69) is 26.8 Å². The molecule has 192 valence electrons. The number of halogens is 2. The molecule has 0 aromatic carbocycles. The molecule has 3 heterocycles. The van der Waals surface area contributed by atoms with Crippen molar-refractivity contribution < 1.29 is 27.8 Å². The second-order valence-corrected chi connectivity index (χ2v) is 9.08. The SMILES string of the molecule is COc1cnc(C(F)F)cc1-c1cc(N2CCCOC2=O)ncc1C(=O)N=C(N)SC(=N)C#CC1CC1. The number of aliphatic imine (C=N–C) groups is 1. The molecule has 0 bridgehead atoms. The van der Waals surface area contributed by atoms with Crippen molar-refractivity contribution in [2.24, 2.45) is 16.6 Å². The van der Waals surface area contributed by atoms with Crippen molar-refractivity contribution in [2.45, 2.75) is 25.7 Å². The first-order valence-corrected chi connectivity index (χ1v) is 12.0. The molecular weight excluding hydrogens is 506 g/mol. The van der Waals surface area contributed by atoms with Crippen molar-refractivity contribution in [1.29, 1.82) is 5.41 Å². The van der Waals surface area contributed by atoms with Gasteiger partial charge >= 0.3 is 6.09 Å². The number of pyridine rings is 2. The molecule has 4 rings (SSSR count). The molecule has 0 spiro atoms. The minimum absolute atomic E-state index is 0.0596. The van der Waals surface area contributed by atoms with E-state index in [1.165, 1.54) is 24.3 Å². The highest BCUT2D eigenvalue weighted by atomic mass is 32.2. The third kappa shape index (κ3) is 6.39. The summed E-state index contributed by atoms with van der Waals surface area (Å²) in [5.74, 6) is 5.31. The predicted molar refractivity (Wildman–Crippen MR) is 134 cm³/mol. The quantitative estimate of drug-likeness (QED) is 0.337. The second kappa shape index (κ2) is 11.3. The monoisotopic (exact) mass is 528 g/mol. The second-order valence-electron chi connectivity index (χ2n) is 8.05. The summed E-state index contributed by atoms with van der Waals surface area (Å²) in [6.45, 7) is 0.584. The molecule has 1 saturated heterocycles. The van der Waals surface area contributed by atoms with Crippen LogP contribution in [0.3, 0.4) is 0 Å². The maximum absolute atomic E-state index is 13.5. The van der Waals surface area contributed by atoms with Crippen LogP contribution in [0.15, 0.2) is 29.5 Å². The van der Waals surface area contributed by atoms with Crippen LogP contribution in [0.25, 0.3) is 11.1 Å². The number of amides is 2. The fraction of sp³-hybridized carbons (Fsp3) is 0.333. The number of methoxy groups -OCH3 is 1. The standard InChI is InChI=1S/C24H22F2N6O4S/c1-35-18-12-29-17(21(25)26)9-15(18)14-10-20(32-7-2-8-36-24(32)34)30-11-16(14)22(33)31-23(28)37-19(27)6-5-13-3-4-13/h9-13,21,27H,2-4,7-8H2,1H3,(H2,28,31,33). The van der Waals surface area contributed by atoms with Gasteiger partial charge < -0.3 is 15.2 Å². The lowest BCUT2D eigenvalue weighted by atomic mass is 10.00. The first-order valence-electron chi connectivity index (χ1n) is 11.2. The molecule has 1 saturated carbocycles. The van der Waals surface area contributed by atoms with E-state index in [-0.39, 0.29) is 45.1 Å². The molecule has 13 heteroatoms. The van der Waals surface area contributed by atoms with Gasteiger partial charge in [-0.1, -0.05) is 5.92 Å². The Bertz CT molecular complexity index is 1340.